The molecule has 2 heterocycles. The number of phenols is 1. The van der Waals surface area contributed by atoms with Crippen LogP contribution in [0.5, 0.6) is 5.75 Å². The summed E-state index contributed by atoms with van der Waals surface area (Å²) in [4.78, 5) is 20.5. The lowest BCUT2D eigenvalue weighted by Crippen LogP contribution is -2.11. The molecule has 2 aromatic heterocycles. The van der Waals surface area contributed by atoms with E-state index in [9.17, 15) is 9.90 Å². The van der Waals surface area contributed by atoms with Gasteiger partial charge in [-0.25, -0.2) is 0 Å². The Bertz CT molecular complexity index is 1360. The summed E-state index contributed by atoms with van der Waals surface area (Å²) >= 11 is 0. The van der Waals surface area contributed by atoms with E-state index in [1.54, 1.807) is 24.4 Å². The Morgan fingerprint density at radius 1 is 0.897 bits per heavy atom. The maximum absolute atomic E-state index is 12.5. The minimum absolute atomic E-state index is 0.0447. The number of nitrogens with one attached hydrogen (secondary N) is 2. The topological polar surface area (TPSA) is 78.0 Å². The molecule has 0 fully saturated rings. The zero-order valence-electron chi connectivity index (χ0n) is 15.4. The summed E-state index contributed by atoms with van der Waals surface area (Å²) in [6, 6.07) is 24.2. The summed E-state index contributed by atoms with van der Waals surface area (Å²) in [7, 11) is 0. The molecular weight excluding hydrogens is 362 g/mol. The Labute approximate surface area is 166 Å². The summed E-state index contributed by atoms with van der Waals surface area (Å²) < 4.78 is 0. The van der Waals surface area contributed by atoms with E-state index in [4.69, 9.17) is 0 Å². The van der Waals surface area contributed by atoms with Crippen LogP contribution in [0.25, 0.3) is 33.1 Å². The van der Waals surface area contributed by atoms with Gasteiger partial charge in [-0.3, -0.25) is 9.78 Å². The second-order valence-electron chi connectivity index (χ2n) is 6.80. The lowest BCUT2D eigenvalue weighted by atomic mass is 10.1. The fourth-order valence-electron chi connectivity index (χ4n) is 3.58. The maximum Gasteiger partial charge on any atom is 0.259 e. The van der Waals surface area contributed by atoms with E-state index in [0.717, 1.165) is 33.1 Å². The highest BCUT2D eigenvalue weighted by Gasteiger charge is 2.13. The molecule has 0 aliphatic rings. The van der Waals surface area contributed by atoms with Gasteiger partial charge in [0.2, 0.25) is 0 Å². The van der Waals surface area contributed by atoms with E-state index in [-0.39, 0.29) is 17.2 Å². The molecule has 29 heavy (non-hydrogen) atoms. The number of nitrogens with zero attached hydrogens (tertiary/aromatic N) is 1. The van der Waals surface area contributed by atoms with Gasteiger partial charge in [0, 0.05) is 33.7 Å². The summed E-state index contributed by atoms with van der Waals surface area (Å²) in [6.45, 7) is 0. The molecule has 0 spiro atoms. The molecule has 1 amide bonds. The number of carbonyl (C=O) groups excluding carboxylic acids is 1. The minimum Gasteiger partial charge on any atom is -0.507 e. The third-order valence-corrected chi connectivity index (χ3v) is 4.97. The number of aromatic amines is 1. The average Bonchev–Trinajstić information content (AvgIpc) is 3.13. The zero-order chi connectivity index (χ0) is 19.8. The van der Waals surface area contributed by atoms with Gasteiger partial charge in [0.1, 0.15) is 5.75 Å². The van der Waals surface area contributed by atoms with Crippen molar-refractivity contribution in [1.29, 1.82) is 0 Å². The summed E-state index contributed by atoms with van der Waals surface area (Å²) in [5, 5.41) is 14.8. The maximum atomic E-state index is 12.5. The number of pyridine rings is 1. The van der Waals surface area contributed by atoms with Crippen molar-refractivity contribution in [3.05, 3.63) is 90.6 Å². The third-order valence-electron chi connectivity index (χ3n) is 4.97. The number of benzene rings is 3. The fraction of sp³-hybridized carbons (Fsp3) is 0. The molecule has 140 valence electrons. The van der Waals surface area contributed by atoms with E-state index < -0.39 is 0 Å². The molecule has 5 nitrogen and oxygen atoms in total. The van der Waals surface area contributed by atoms with Crippen LogP contribution >= 0.6 is 0 Å². The van der Waals surface area contributed by atoms with Crippen LogP contribution in [0.2, 0.25) is 0 Å². The lowest BCUT2D eigenvalue weighted by molar-refractivity contribution is 0.102. The molecule has 5 rings (SSSR count). The van der Waals surface area contributed by atoms with Gasteiger partial charge in [-0.15, -0.1) is 0 Å². The molecule has 0 saturated carbocycles. The summed E-state index contributed by atoms with van der Waals surface area (Å²) in [6.07, 6.45) is 1.80. The average molecular weight is 379 g/mol. The number of aromatic nitrogens is 2. The third kappa shape index (κ3) is 2.99. The summed E-state index contributed by atoms with van der Waals surface area (Å²) in [5.41, 5.74) is 4.74. The van der Waals surface area contributed by atoms with Gasteiger partial charge in [0.15, 0.2) is 0 Å². The number of phenolic OH excluding ortho intramolecular Hbond substituents is 1. The lowest BCUT2D eigenvalue weighted by Gasteiger charge is -2.07. The number of aromatic hydroxyl groups is 1. The van der Waals surface area contributed by atoms with Crippen molar-refractivity contribution >= 4 is 33.4 Å². The Balaban J connectivity index is 1.58. The highest BCUT2D eigenvalue weighted by molar-refractivity contribution is 6.13. The van der Waals surface area contributed by atoms with E-state index >= 15 is 0 Å². The molecule has 3 N–H and O–H groups in total. The number of carbonyl (C=O) groups is 1. The molecule has 5 heteroatoms. The molecule has 0 bridgehead atoms. The smallest absolute Gasteiger partial charge is 0.259 e. The van der Waals surface area contributed by atoms with Crippen LogP contribution in [-0.4, -0.2) is 21.0 Å². The molecule has 0 radical (unpaired) electrons. The molecule has 0 unspecified atom stereocenters. The zero-order valence-corrected chi connectivity index (χ0v) is 15.4. The molecule has 0 saturated heterocycles. The number of hydrogen-bond acceptors (Lipinski definition) is 3. The fourth-order valence-corrected chi connectivity index (χ4v) is 3.58. The van der Waals surface area contributed by atoms with Crippen LogP contribution < -0.4 is 5.32 Å². The Morgan fingerprint density at radius 2 is 1.69 bits per heavy atom. The van der Waals surface area contributed by atoms with Crippen molar-refractivity contribution in [3.8, 4) is 17.0 Å². The van der Waals surface area contributed by atoms with Crippen LogP contribution in [0.3, 0.4) is 0 Å². The van der Waals surface area contributed by atoms with Crippen molar-refractivity contribution in [2.24, 2.45) is 0 Å². The van der Waals surface area contributed by atoms with E-state index in [2.05, 4.69) is 15.3 Å². The molecular formula is C24H17N3O2. The van der Waals surface area contributed by atoms with Gasteiger partial charge < -0.3 is 15.4 Å². The predicted molar refractivity (Wildman–Crippen MR) is 115 cm³/mol. The van der Waals surface area contributed by atoms with Crippen LogP contribution in [0, 0.1) is 0 Å². The summed E-state index contributed by atoms with van der Waals surface area (Å²) in [5.74, 6) is -0.398. The first kappa shape index (κ1) is 17.0. The standard InChI is InChI=1S/C24H17N3O2/c28-21-9-5-4-8-18(21)24(29)26-16-10-11-20-19(14-16)17-12-13-25-22(23(17)27-20)15-6-2-1-3-7-15/h1-14,27-28H,(H,26,29). The number of amides is 1. The SMILES string of the molecule is O=C(Nc1ccc2[nH]c3c(-c4ccccc4)nccc3c2c1)c1ccccc1O. The molecule has 0 aliphatic carbocycles. The quantitative estimate of drug-likeness (QED) is 0.396. The monoisotopic (exact) mass is 379 g/mol. The van der Waals surface area contributed by atoms with Gasteiger partial charge in [0.25, 0.3) is 5.91 Å². The number of hydrogen-bond donors (Lipinski definition) is 3. The van der Waals surface area contributed by atoms with Crippen molar-refractivity contribution in [1.82, 2.24) is 9.97 Å². The van der Waals surface area contributed by atoms with Gasteiger partial charge in [-0.05, 0) is 36.4 Å². The van der Waals surface area contributed by atoms with Crippen LogP contribution in [-0.2, 0) is 0 Å². The Kier molecular flexibility index (Phi) is 3.99. The second-order valence-corrected chi connectivity index (χ2v) is 6.80. The minimum atomic E-state index is -0.353. The number of H-pyrrole nitrogens is 1. The molecule has 0 atom stereocenters. The van der Waals surface area contributed by atoms with Crippen LogP contribution in [0.15, 0.2) is 85.1 Å². The van der Waals surface area contributed by atoms with Gasteiger partial charge in [-0.1, -0.05) is 42.5 Å². The van der Waals surface area contributed by atoms with Gasteiger partial charge >= 0.3 is 0 Å². The number of rotatable bonds is 3. The first-order valence-electron chi connectivity index (χ1n) is 9.26. The van der Waals surface area contributed by atoms with E-state index in [0.29, 0.717) is 5.69 Å². The highest BCUT2D eigenvalue weighted by atomic mass is 16.3. The highest BCUT2D eigenvalue weighted by Crippen LogP contribution is 2.33. The Morgan fingerprint density at radius 3 is 2.52 bits per heavy atom. The van der Waals surface area contributed by atoms with Crippen molar-refractivity contribution in [2.45, 2.75) is 0 Å². The second kappa shape index (κ2) is 6.80. The molecule has 5 aromatic rings. The predicted octanol–water partition coefficient (Wildman–Crippen LogP) is 5.34. The van der Waals surface area contributed by atoms with Crippen molar-refractivity contribution < 1.29 is 9.90 Å². The number of fused-ring (bicyclic) bond motifs is 3. The Hall–Kier alpha value is -4.12. The van der Waals surface area contributed by atoms with Crippen LogP contribution in [0.1, 0.15) is 10.4 Å². The van der Waals surface area contributed by atoms with Crippen molar-refractivity contribution in [2.75, 3.05) is 5.32 Å². The molecule has 0 aliphatic heterocycles. The first-order valence-corrected chi connectivity index (χ1v) is 9.26. The first-order chi connectivity index (χ1) is 14.2. The number of para-hydroxylation sites is 1. The van der Waals surface area contributed by atoms with E-state index in [1.165, 1.54) is 6.07 Å². The van der Waals surface area contributed by atoms with Crippen LogP contribution in [0.4, 0.5) is 5.69 Å². The largest absolute Gasteiger partial charge is 0.507 e. The van der Waals surface area contributed by atoms with Gasteiger partial charge in [0.05, 0.1) is 16.8 Å². The normalized spacial score (nSPS) is 11.0. The van der Waals surface area contributed by atoms with Crippen molar-refractivity contribution in [3.63, 3.8) is 0 Å². The van der Waals surface area contributed by atoms with E-state index in [1.807, 2.05) is 54.6 Å². The van der Waals surface area contributed by atoms with Gasteiger partial charge in [-0.2, -0.15) is 0 Å². The molecule has 3 aromatic carbocycles. The number of anilines is 1.